The molecule has 0 fully saturated rings. The minimum Gasteiger partial charge on any atom is -0.478 e. The number of hydrogen-bond acceptors (Lipinski definition) is 6. The summed E-state index contributed by atoms with van der Waals surface area (Å²) in [5.41, 5.74) is -1.21. The van der Waals surface area contributed by atoms with Crippen molar-refractivity contribution in [2.75, 3.05) is 14.2 Å². The Morgan fingerprint density at radius 2 is 1.41 bits per heavy atom. The van der Waals surface area contributed by atoms with Crippen molar-refractivity contribution in [1.82, 2.24) is 0 Å². The summed E-state index contributed by atoms with van der Waals surface area (Å²) in [6, 6.07) is 3.34. The van der Waals surface area contributed by atoms with Crippen LogP contribution in [0.3, 0.4) is 0 Å². The first-order chi connectivity index (χ1) is 10.3. The van der Waals surface area contributed by atoms with Gasteiger partial charge in [0.15, 0.2) is 0 Å². The van der Waals surface area contributed by atoms with Crippen molar-refractivity contribution >= 4 is 30.0 Å². The fourth-order valence-electron chi connectivity index (χ4n) is 1.60. The van der Waals surface area contributed by atoms with E-state index in [4.69, 9.17) is 10.2 Å². The molecule has 0 saturated carbocycles. The zero-order valence-electron chi connectivity index (χ0n) is 11.7. The van der Waals surface area contributed by atoms with Gasteiger partial charge in [-0.3, -0.25) is 0 Å². The van der Waals surface area contributed by atoms with E-state index in [1.54, 1.807) is 0 Å². The highest BCUT2D eigenvalue weighted by atomic mass is 16.5. The summed E-state index contributed by atoms with van der Waals surface area (Å²) in [7, 11) is 2.13. The lowest BCUT2D eigenvalue weighted by Crippen LogP contribution is -2.15. The van der Waals surface area contributed by atoms with Crippen LogP contribution >= 0.6 is 0 Å². The zero-order chi connectivity index (χ0) is 16.9. The van der Waals surface area contributed by atoms with Crippen LogP contribution in [0.1, 0.15) is 26.3 Å². The molecule has 1 aromatic rings. The van der Waals surface area contributed by atoms with Gasteiger partial charge in [0.25, 0.3) is 0 Å². The van der Waals surface area contributed by atoms with Crippen LogP contribution in [-0.4, -0.2) is 48.3 Å². The van der Waals surface area contributed by atoms with Gasteiger partial charge in [-0.25, -0.2) is 19.2 Å². The fraction of sp³-hybridized carbons (Fsp3) is 0.143. The van der Waals surface area contributed by atoms with Gasteiger partial charge < -0.3 is 19.7 Å². The largest absolute Gasteiger partial charge is 0.478 e. The van der Waals surface area contributed by atoms with E-state index >= 15 is 0 Å². The first kappa shape index (κ1) is 16.9. The second-order valence-corrected chi connectivity index (χ2v) is 3.96. The van der Waals surface area contributed by atoms with E-state index in [1.807, 2.05) is 0 Å². The lowest BCUT2D eigenvalue weighted by molar-refractivity contribution is -0.143. The van der Waals surface area contributed by atoms with Gasteiger partial charge in [0.1, 0.15) is 5.57 Å². The van der Waals surface area contributed by atoms with Crippen molar-refractivity contribution in [2.45, 2.75) is 0 Å². The SMILES string of the molecule is COC(=O)C(=Cc1ccc(C(=O)O)c(C(=O)O)c1)C(=O)OC. The lowest BCUT2D eigenvalue weighted by atomic mass is 10.0. The second-order valence-electron chi connectivity index (χ2n) is 3.96. The second kappa shape index (κ2) is 7.02. The molecule has 8 heteroatoms. The number of esters is 2. The minimum atomic E-state index is -1.45. The molecule has 1 aromatic carbocycles. The summed E-state index contributed by atoms with van der Waals surface area (Å²) >= 11 is 0. The first-order valence-corrected chi connectivity index (χ1v) is 5.80. The van der Waals surface area contributed by atoms with E-state index in [0.29, 0.717) is 0 Å². The maximum absolute atomic E-state index is 11.5. The third kappa shape index (κ3) is 3.69. The van der Waals surface area contributed by atoms with Crippen LogP contribution in [-0.2, 0) is 19.1 Å². The molecule has 1 rings (SSSR count). The molecule has 0 aliphatic heterocycles. The van der Waals surface area contributed by atoms with E-state index in [2.05, 4.69) is 9.47 Å². The van der Waals surface area contributed by atoms with Crippen molar-refractivity contribution in [3.8, 4) is 0 Å². The summed E-state index contributed by atoms with van der Waals surface area (Å²) in [6.45, 7) is 0. The first-order valence-electron chi connectivity index (χ1n) is 5.80. The highest BCUT2D eigenvalue weighted by molar-refractivity contribution is 6.17. The van der Waals surface area contributed by atoms with Crippen LogP contribution in [0.4, 0.5) is 0 Å². The number of carboxylic acid groups (broad SMARTS) is 2. The smallest absolute Gasteiger partial charge is 0.345 e. The van der Waals surface area contributed by atoms with E-state index in [1.165, 1.54) is 6.07 Å². The van der Waals surface area contributed by atoms with Gasteiger partial charge in [0, 0.05) is 0 Å². The van der Waals surface area contributed by atoms with Crippen molar-refractivity contribution in [2.24, 2.45) is 0 Å². The van der Waals surface area contributed by atoms with Crippen molar-refractivity contribution in [3.05, 3.63) is 40.5 Å². The van der Waals surface area contributed by atoms with Crippen LogP contribution in [0.5, 0.6) is 0 Å². The fourth-order valence-corrected chi connectivity index (χ4v) is 1.60. The number of methoxy groups -OCH3 is 2. The van der Waals surface area contributed by atoms with Crippen molar-refractivity contribution < 1.29 is 38.9 Å². The summed E-state index contributed by atoms with van der Waals surface area (Å²) in [4.78, 5) is 45.0. The number of carboxylic acids is 2. The molecule has 0 amide bonds. The molecule has 0 atom stereocenters. The Balaban J connectivity index is 3.42. The molecule has 8 nitrogen and oxygen atoms in total. The number of ether oxygens (including phenoxy) is 2. The molecule has 0 aromatic heterocycles. The molecule has 0 heterocycles. The number of benzene rings is 1. The Labute approximate surface area is 124 Å². The molecule has 0 bridgehead atoms. The Morgan fingerprint density at radius 1 is 0.909 bits per heavy atom. The Kier molecular flexibility index (Phi) is 5.39. The van der Waals surface area contributed by atoms with Crippen LogP contribution in [0.15, 0.2) is 23.8 Å². The van der Waals surface area contributed by atoms with Crippen molar-refractivity contribution in [1.29, 1.82) is 0 Å². The van der Waals surface area contributed by atoms with Gasteiger partial charge in [0.05, 0.1) is 25.3 Å². The van der Waals surface area contributed by atoms with E-state index in [9.17, 15) is 19.2 Å². The number of carbonyl (C=O) groups excluding carboxylic acids is 2. The summed E-state index contributed by atoms with van der Waals surface area (Å²) in [5.74, 6) is -4.79. The van der Waals surface area contributed by atoms with Gasteiger partial charge in [0.2, 0.25) is 0 Å². The molecule has 22 heavy (non-hydrogen) atoms. The van der Waals surface area contributed by atoms with Crippen LogP contribution in [0.25, 0.3) is 6.08 Å². The molecule has 0 spiro atoms. The zero-order valence-corrected chi connectivity index (χ0v) is 11.7. The van der Waals surface area contributed by atoms with Crippen LogP contribution < -0.4 is 0 Å². The third-order valence-corrected chi connectivity index (χ3v) is 2.63. The van der Waals surface area contributed by atoms with Crippen molar-refractivity contribution in [3.63, 3.8) is 0 Å². The summed E-state index contributed by atoms with van der Waals surface area (Å²) in [5, 5.41) is 17.9. The summed E-state index contributed by atoms with van der Waals surface area (Å²) < 4.78 is 8.86. The van der Waals surface area contributed by atoms with E-state index < -0.39 is 40.6 Å². The standard InChI is InChI=1S/C14H12O8/c1-21-13(19)10(14(20)22-2)6-7-3-4-8(11(15)16)9(5-7)12(17)18/h3-6H,1-2H3,(H,15,16)(H,17,18). The Hall–Kier alpha value is -3.16. The van der Waals surface area contributed by atoms with Gasteiger partial charge in [-0.15, -0.1) is 0 Å². The quantitative estimate of drug-likeness (QED) is 0.354. The average molecular weight is 308 g/mol. The number of rotatable bonds is 5. The number of aromatic carboxylic acids is 2. The molecule has 0 saturated heterocycles. The highest BCUT2D eigenvalue weighted by Gasteiger charge is 2.21. The summed E-state index contributed by atoms with van der Waals surface area (Å²) in [6.07, 6.45) is 1.05. The average Bonchev–Trinajstić information content (AvgIpc) is 2.50. The predicted molar refractivity (Wildman–Crippen MR) is 72.4 cm³/mol. The maximum atomic E-state index is 11.5. The molecule has 0 aliphatic rings. The lowest BCUT2D eigenvalue weighted by Gasteiger charge is -2.05. The van der Waals surface area contributed by atoms with Gasteiger partial charge >= 0.3 is 23.9 Å². The topological polar surface area (TPSA) is 127 Å². The molecule has 2 N–H and O–H groups in total. The molecule has 0 radical (unpaired) electrons. The van der Waals surface area contributed by atoms with Gasteiger partial charge in [-0.2, -0.15) is 0 Å². The van der Waals surface area contributed by atoms with Crippen LogP contribution in [0, 0.1) is 0 Å². The Morgan fingerprint density at radius 3 is 1.82 bits per heavy atom. The maximum Gasteiger partial charge on any atom is 0.345 e. The third-order valence-electron chi connectivity index (χ3n) is 2.63. The molecular formula is C14H12O8. The highest BCUT2D eigenvalue weighted by Crippen LogP contribution is 2.16. The van der Waals surface area contributed by atoms with Gasteiger partial charge in [-0.1, -0.05) is 6.07 Å². The van der Waals surface area contributed by atoms with E-state index in [-0.39, 0.29) is 5.56 Å². The molecular weight excluding hydrogens is 296 g/mol. The minimum absolute atomic E-state index is 0.133. The predicted octanol–water partition coefficient (Wildman–Crippen LogP) is 0.812. The Bertz CT molecular complexity index is 653. The van der Waals surface area contributed by atoms with E-state index in [0.717, 1.165) is 32.4 Å². The van der Waals surface area contributed by atoms with Crippen LogP contribution in [0.2, 0.25) is 0 Å². The number of carbonyl (C=O) groups is 4. The molecule has 0 unspecified atom stereocenters. The van der Waals surface area contributed by atoms with Gasteiger partial charge in [-0.05, 0) is 23.8 Å². The number of hydrogen-bond donors (Lipinski definition) is 2. The normalized spacial score (nSPS) is 9.55. The molecule has 116 valence electrons. The molecule has 0 aliphatic carbocycles. The monoisotopic (exact) mass is 308 g/mol.